The molecule has 3 nitrogen and oxygen atoms in total. The fourth-order valence-corrected chi connectivity index (χ4v) is 2.51. The molecule has 2 heterocycles. The van der Waals surface area contributed by atoms with E-state index in [-0.39, 0.29) is 12.8 Å². The lowest BCUT2D eigenvalue weighted by atomic mass is 9.75. The number of hydrazone groups is 1. The van der Waals surface area contributed by atoms with E-state index in [0.717, 1.165) is 31.6 Å². The molecule has 2 aliphatic heterocycles. The van der Waals surface area contributed by atoms with E-state index >= 15 is 0 Å². The molecule has 0 saturated carbocycles. The van der Waals surface area contributed by atoms with Crippen molar-refractivity contribution < 1.29 is 0 Å². The van der Waals surface area contributed by atoms with Gasteiger partial charge in [0.2, 0.25) is 0 Å². The number of rotatable bonds is 0. The topological polar surface area (TPSA) is 18.8 Å². The Hall–Kier alpha value is -0.830. The first-order chi connectivity index (χ1) is 6.51. The molecule has 1 atom stereocenters. The van der Waals surface area contributed by atoms with Crippen molar-refractivity contribution in [2.45, 2.75) is 27.2 Å². The molecule has 1 fully saturated rings. The van der Waals surface area contributed by atoms with E-state index in [9.17, 15) is 0 Å². The van der Waals surface area contributed by atoms with Crippen LogP contribution in [0.4, 0.5) is 0 Å². The highest BCUT2D eigenvalue weighted by atomic mass is 15.5. The summed E-state index contributed by atoms with van der Waals surface area (Å²) in [5.41, 5.74) is 2.72. The van der Waals surface area contributed by atoms with Gasteiger partial charge in [-0.05, 0) is 7.05 Å². The lowest BCUT2D eigenvalue weighted by Crippen LogP contribution is -2.49. The fourth-order valence-electron chi connectivity index (χ4n) is 2.51. The minimum absolute atomic E-state index is 0. The molecule has 0 spiro atoms. The summed E-state index contributed by atoms with van der Waals surface area (Å²) >= 11 is 0. The third-order valence-electron chi connectivity index (χ3n) is 3.37. The molecule has 0 amide bonds. The van der Waals surface area contributed by atoms with Gasteiger partial charge in [-0.15, -0.1) is 0 Å². The van der Waals surface area contributed by atoms with E-state index in [4.69, 9.17) is 0 Å². The van der Waals surface area contributed by atoms with E-state index in [2.05, 4.69) is 30.6 Å². The minimum Gasteiger partial charge on any atom is -0.305 e. The Bertz CT molecular complexity index is 295. The smallest absolute Gasteiger partial charge is 0.0473 e. The lowest BCUT2D eigenvalue weighted by Gasteiger charge is -2.44. The number of hydrogen-bond donors (Lipinski definition) is 0. The monoisotopic (exact) mass is 209 g/mol. The van der Waals surface area contributed by atoms with Crippen LogP contribution in [0.25, 0.3) is 0 Å². The van der Waals surface area contributed by atoms with Gasteiger partial charge >= 0.3 is 0 Å². The number of nitrogens with zero attached hydrogens (tertiary/aromatic N) is 3. The predicted molar refractivity (Wildman–Crippen MR) is 65.9 cm³/mol. The second kappa shape index (κ2) is 3.97. The Kier molecular flexibility index (Phi) is 3.24. The molecule has 0 aliphatic carbocycles. The van der Waals surface area contributed by atoms with Crippen molar-refractivity contribution in [3.8, 4) is 0 Å². The maximum atomic E-state index is 4.62. The average molecular weight is 209 g/mol. The molecule has 15 heavy (non-hydrogen) atoms. The normalized spacial score (nSPS) is 31.8. The third-order valence-corrected chi connectivity index (χ3v) is 3.37. The van der Waals surface area contributed by atoms with Gasteiger partial charge in [-0.25, -0.2) is 0 Å². The van der Waals surface area contributed by atoms with Crippen LogP contribution >= 0.6 is 0 Å². The quantitative estimate of drug-likeness (QED) is 0.609. The van der Waals surface area contributed by atoms with Gasteiger partial charge in [-0.1, -0.05) is 20.9 Å². The summed E-state index contributed by atoms with van der Waals surface area (Å²) in [5, 5.41) is 6.55. The van der Waals surface area contributed by atoms with Crippen LogP contribution in [-0.4, -0.2) is 42.8 Å². The first-order valence-corrected chi connectivity index (χ1v) is 5.19. The van der Waals surface area contributed by atoms with E-state index in [0.29, 0.717) is 0 Å². The summed E-state index contributed by atoms with van der Waals surface area (Å²) in [6.07, 6.45) is 2.15. The minimum atomic E-state index is 0. The summed E-state index contributed by atoms with van der Waals surface area (Å²) in [7, 11) is 4.18. The van der Waals surface area contributed by atoms with Crippen LogP contribution in [0.3, 0.4) is 0 Å². The van der Waals surface area contributed by atoms with Crippen molar-refractivity contribution in [3.63, 3.8) is 0 Å². The van der Waals surface area contributed by atoms with E-state index in [1.54, 1.807) is 0 Å². The van der Waals surface area contributed by atoms with Crippen molar-refractivity contribution in [2.24, 2.45) is 10.5 Å². The van der Waals surface area contributed by atoms with Crippen LogP contribution < -0.4 is 0 Å². The van der Waals surface area contributed by atoms with Crippen molar-refractivity contribution in [3.05, 3.63) is 12.3 Å². The highest BCUT2D eigenvalue weighted by Gasteiger charge is 2.39. The van der Waals surface area contributed by atoms with Crippen LogP contribution in [0.2, 0.25) is 0 Å². The predicted octanol–water partition coefficient (Wildman–Crippen LogP) is 2.17. The zero-order valence-corrected chi connectivity index (χ0v) is 9.38. The second-order valence-electron chi connectivity index (χ2n) is 4.86. The SMILES string of the molecule is C.C=C1CC2(C)CN(C)CCC2=NN1C. The molecule has 1 unspecified atom stereocenters. The highest BCUT2D eigenvalue weighted by Crippen LogP contribution is 2.37. The van der Waals surface area contributed by atoms with Gasteiger partial charge in [0.15, 0.2) is 0 Å². The molecule has 0 aromatic heterocycles. The molecule has 0 N–H and O–H groups in total. The number of allylic oxidation sites excluding steroid dienone is 1. The van der Waals surface area contributed by atoms with E-state index in [1.165, 1.54) is 5.71 Å². The van der Waals surface area contributed by atoms with Gasteiger partial charge < -0.3 is 4.90 Å². The maximum Gasteiger partial charge on any atom is 0.0473 e. The van der Waals surface area contributed by atoms with Crippen LogP contribution in [0.15, 0.2) is 17.4 Å². The Balaban J connectivity index is 0.00000112. The largest absolute Gasteiger partial charge is 0.305 e. The van der Waals surface area contributed by atoms with E-state index in [1.807, 2.05) is 12.1 Å². The Morgan fingerprint density at radius 1 is 1.40 bits per heavy atom. The molecule has 1 saturated heterocycles. The van der Waals surface area contributed by atoms with Crippen LogP contribution in [0.1, 0.15) is 27.2 Å². The van der Waals surface area contributed by atoms with E-state index < -0.39 is 0 Å². The molecule has 0 aromatic rings. The standard InChI is InChI=1S/C11H19N3.CH4/c1-9-7-11(2)8-13(3)6-5-10(11)12-14(9)4;/h1,5-8H2,2-4H3;1H4. The number of likely N-dealkylation sites (tertiary alicyclic amines) is 1. The first kappa shape index (κ1) is 12.2. The van der Waals surface area contributed by atoms with Gasteiger partial charge in [0.25, 0.3) is 0 Å². The van der Waals surface area contributed by atoms with Gasteiger partial charge in [-0.2, -0.15) is 5.10 Å². The summed E-state index contributed by atoms with van der Waals surface area (Å²) < 4.78 is 0. The van der Waals surface area contributed by atoms with Crippen molar-refractivity contribution in [1.29, 1.82) is 0 Å². The van der Waals surface area contributed by atoms with Gasteiger partial charge in [0.1, 0.15) is 0 Å². The summed E-state index contributed by atoms with van der Waals surface area (Å²) in [6.45, 7) is 8.61. The number of piperidine rings is 1. The van der Waals surface area contributed by atoms with Crippen molar-refractivity contribution in [2.75, 3.05) is 27.2 Å². The highest BCUT2D eigenvalue weighted by molar-refractivity contribution is 5.91. The molecular weight excluding hydrogens is 186 g/mol. The Labute approximate surface area is 93.4 Å². The van der Waals surface area contributed by atoms with Gasteiger partial charge in [-0.3, -0.25) is 5.01 Å². The summed E-state index contributed by atoms with van der Waals surface area (Å²) in [6, 6.07) is 0. The molecular formula is C12H23N3. The molecule has 2 aliphatic rings. The zero-order chi connectivity index (χ0) is 10.3. The molecule has 0 aromatic carbocycles. The molecule has 3 heteroatoms. The van der Waals surface area contributed by atoms with Crippen LogP contribution in [0, 0.1) is 5.41 Å². The zero-order valence-electron chi connectivity index (χ0n) is 9.38. The molecule has 86 valence electrons. The van der Waals surface area contributed by atoms with Crippen LogP contribution in [-0.2, 0) is 0 Å². The Morgan fingerprint density at radius 3 is 2.73 bits per heavy atom. The number of hydrogen-bond acceptors (Lipinski definition) is 3. The van der Waals surface area contributed by atoms with Gasteiger partial charge in [0.05, 0.1) is 0 Å². The van der Waals surface area contributed by atoms with Crippen LogP contribution in [0.5, 0.6) is 0 Å². The third kappa shape index (κ3) is 2.07. The summed E-state index contributed by atoms with van der Waals surface area (Å²) in [4.78, 5) is 2.39. The number of fused-ring (bicyclic) bond motifs is 1. The fraction of sp³-hybridized carbons (Fsp3) is 0.750. The second-order valence-corrected chi connectivity index (χ2v) is 4.86. The first-order valence-electron chi connectivity index (χ1n) is 5.19. The van der Waals surface area contributed by atoms with Gasteiger partial charge in [0, 0.05) is 49.8 Å². The molecule has 2 rings (SSSR count). The van der Waals surface area contributed by atoms with Crippen molar-refractivity contribution >= 4 is 5.71 Å². The molecule has 0 bridgehead atoms. The maximum absolute atomic E-state index is 4.62. The summed E-state index contributed by atoms with van der Waals surface area (Å²) in [5.74, 6) is 0. The molecule has 0 radical (unpaired) electrons. The van der Waals surface area contributed by atoms with Crippen molar-refractivity contribution in [1.82, 2.24) is 9.91 Å². The average Bonchev–Trinajstić information content (AvgIpc) is 2.07. The Morgan fingerprint density at radius 2 is 2.07 bits per heavy atom. The lowest BCUT2D eigenvalue weighted by molar-refractivity contribution is 0.196.